The van der Waals surface area contributed by atoms with E-state index in [4.69, 9.17) is 24.4 Å². The van der Waals surface area contributed by atoms with Crippen LogP contribution in [0.1, 0.15) is 0 Å². The maximum absolute atomic E-state index is 6.56. The van der Waals surface area contributed by atoms with E-state index in [-0.39, 0.29) is 0 Å². The number of benzene rings is 9. The number of nitrogens with zero attached hydrogens (tertiary/aromatic N) is 5. The van der Waals surface area contributed by atoms with E-state index < -0.39 is 0 Å². The molecule has 0 aliphatic carbocycles. The van der Waals surface area contributed by atoms with Gasteiger partial charge >= 0.3 is 0 Å². The lowest BCUT2D eigenvalue weighted by molar-refractivity contribution is 0.620. The fourth-order valence-corrected chi connectivity index (χ4v) is 10.6. The Morgan fingerprint density at radius 1 is 0.354 bits per heavy atom. The van der Waals surface area contributed by atoms with Crippen molar-refractivity contribution in [3.05, 3.63) is 212 Å². The first kappa shape index (κ1) is 37.1. The first-order valence-corrected chi connectivity index (χ1v) is 22.4. The predicted molar refractivity (Wildman–Crippen MR) is 267 cm³/mol. The van der Waals surface area contributed by atoms with Crippen LogP contribution < -0.4 is 0 Å². The summed E-state index contributed by atoms with van der Waals surface area (Å²) in [4.78, 5) is 19.7. The van der Waals surface area contributed by atoms with Crippen LogP contribution in [-0.2, 0) is 0 Å². The van der Waals surface area contributed by atoms with Crippen molar-refractivity contribution in [3.63, 3.8) is 0 Å². The summed E-state index contributed by atoms with van der Waals surface area (Å²) >= 11 is 1.89. The van der Waals surface area contributed by atoms with Crippen molar-refractivity contribution in [2.24, 2.45) is 0 Å². The van der Waals surface area contributed by atoms with Crippen LogP contribution in [0.4, 0.5) is 0 Å². The van der Waals surface area contributed by atoms with E-state index in [9.17, 15) is 0 Å². The lowest BCUT2D eigenvalue weighted by Gasteiger charge is -2.10. The van der Waals surface area contributed by atoms with Crippen LogP contribution in [0.2, 0.25) is 0 Å². The number of oxazole rings is 1. The molecule has 0 spiro atoms. The third-order valence-electron chi connectivity index (χ3n) is 12.3. The topological polar surface area (TPSA) is 69.6 Å². The number of para-hydroxylation sites is 1. The zero-order chi connectivity index (χ0) is 42.8. The molecule has 0 aliphatic rings. The number of hydrogen-bond acceptors (Lipinski definition) is 6. The van der Waals surface area contributed by atoms with Gasteiger partial charge in [0.15, 0.2) is 23.1 Å². The fourth-order valence-electron chi connectivity index (χ4n) is 9.21. The zero-order valence-corrected chi connectivity index (χ0v) is 35.6. The third kappa shape index (κ3) is 6.32. The quantitative estimate of drug-likeness (QED) is 0.160. The fraction of sp³-hybridized carbons (Fsp3) is 0. The molecule has 0 unspecified atom stereocenters. The first-order chi connectivity index (χ1) is 32.2. The standard InChI is InChI=1S/C58H35N5OS/c1-4-15-36(16-5-1)43-24-13-26-46-47-27-14-25-44(54(47)65-53(43)46)39-30-32-51-48(34-39)45-23-10-11-28-50(45)63(51)42-22-12-21-41(33-42)58-59-49-31-29-40(35-52(49)64-58)57-61-55(37-17-6-2-7-18-37)60-56(62-57)38-19-8-3-9-20-38/h1-35H. The van der Waals surface area contributed by atoms with Gasteiger partial charge in [-0.3, -0.25) is 0 Å². The molecular weight excluding hydrogens is 815 g/mol. The summed E-state index contributed by atoms with van der Waals surface area (Å²) in [5.74, 6) is 2.32. The second-order valence-electron chi connectivity index (χ2n) is 16.2. The molecule has 6 nitrogen and oxygen atoms in total. The maximum atomic E-state index is 6.56. The van der Waals surface area contributed by atoms with E-state index >= 15 is 0 Å². The number of rotatable bonds is 7. The Bertz CT molecular complexity index is 3890. The Balaban J connectivity index is 0.886. The smallest absolute Gasteiger partial charge is 0.227 e. The molecule has 0 radical (unpaired) electrons. The van der Waals surface area contributed by atoms with E-state index in [2.05, 4.69) is 138 Å². The zero-order valence-electron chi connectivity index (χ0n) is 34.8. The van der Waals surface area contributed by atoms with Crippen molar-refractivity contribution >= 4 is 64.4 Å². The van der Waals surface area contributed by atoms with Gasteiger partial charge in [-0.05, 0) is 76.9 Å². The van der Waals surface area contributed by atoms with Crippen LogP contribution in [0, 0.1) is 0 Å². The highest BCUT2D eigenvalue weighted by atomic mass is 32.1. The largest absolute Gasteiger partial charge is 0.436 e. The van der Waals surface area contributed by atoms with Gasteiger partial charge < -0.3 is 8.98 Å². The molecule has 0 fully saturated rings. The Kier molecular flexibility index (Phi) is 8.60. The molecule has 0 saturated carbocycles. The third-order valence-corrected chi connectivity index (χ3v) is 13.6. The molecule has 13 rings (SSSR count). The molecule has 0 N–H and O–H groups in total. The van der Waals surface area contributed by atoms with Crippen LogP contribution in [0.5, 0.6) is 0 Å². The molecule has 65 heavy (non-hydrogen) atoms. The molecule has 4 aromatic heterocycles. The lowest BCUT2D eigenvalue weighted by atomic mass is 9.99. The number of aromatic nitrogens is 5. The van der Waals surface area contributed by atoms with Gasteiger partial charge in [0, 0.05) is 58.9 Å². The molecule has 9 aromatic carbocycles. The van der Waals surface area contributed by atoms with Crippen LogP contribution in [0.3, 0.4) is 0 Å². The van der Waals surface area contributed by atoms with Crippen LogP contribution in [0.25, 0.3) is 127 Å². The average Bonchev–Trinajstić information content (AvgIpc) is 4.09. The Morgan fingerprint density at radius 2 is 0.892 bits per heavy atom. The highest BCUT2D eigenvalue weighted by Crippen LogP contribution is 2.45. The molecule has 0 atom stereocenters. The molecule has 7 heteroatoms. The van der Waals surface area contributed by atoms with E-state index in [0.29, 0.717) is 28.9 Å². The Labute approximate surface area is 377 Å². The van der Waals surface area contributed by atoms with Gasteiger partial charge in [-0.1, -0.05) is 158 Å². The Hall–Kier alpha value is -8.52. The minimum absolute atomic E-state index is 0.541. The number of hydrogen-bond donors (Lipinski definition) is 0. The monoisotopic (exact) mass is 849 g/mol. The summed E-state index contributed by atoms with van der Waals surface area (Å²) in [6, 6.07) is 74.1. The van der Waals surface area contributed by atoms with Crippen molar-refractivity contribution in [1.29, 1.82) is 0 Å². The summed E-state index contributed by atoms with van der Waals surface area (Å²) in [6.07, 6.45) is 0. The minimum Gasteiger partial charge on any atom is -0.436 e. The molecule has 0 saturated heterocycles. The van der Waals surface area contributed by atoms with Gasteiger partial charge in [0.2, 0.25) is 5.89 Å². The summed E-state index contributed by atoms with van der Waals surface area (Å²) < 4.78 is 11.5. The molecule has 4 heterocycles. The minimum atomic E-state index is 0.541. The molecule has 0 aliphatic heterocycles. The lowest BCUT2D eigenvalue weighted by Crippen LogP contribution is -2.00. The Morgan fingerprint density at radius 3 is 1.58 bits per heavy atom. The summed E-state index contributed by atoms with van der Waals surface area (Å²) in [7, 11) is 0. The van der Waals surface area contributed by atoms with Gasteiger partial charge in [0.25, 0.3) is 0 Å². The van der Waals surface area contributed by atoms with E-state index in [1.807, 2.05) is 90.2 Å². The molecule has 0 bridgehead atoms. The molecule has 13 aromatic rings. The second kappa shape index (κ2) is 15.1. The normalized spacial score (nSPS) is 11.7. The first-order valence-electron chi connectivity index (χ1n) is 21.6. The van der Waals surface area contributed by atoms with E-state index in [1.165, 1.54) is 53.2 Å². The maximum Gasteiger partial charge on any atom is 0.227 e. The number of thiophene rings is 1. The summed E-state index contributed by atoms with van der Waals surface area (Å²) in [5, 5.41) is 4.98. The average molecular weight is 850 g/mol. The second-order valence-corrected chi connectivity index (χ2v) is 17.2. The van der Waals surface area contributed by atoms with Crippen LogP contribution >= 0.6 is 11.3 Å². The van der Waals surface area contributed by atoms with Gasteiger partial charge in [-0.25, -0.2) is 19.9 Å². The highest BCUT2D eigenvalue weighted by molar-refractivity contribution is 7.26. The molecule has 0 amide bonds. The number of fused-ring (bicyclic) bond motifs is 7. The highest BCUT2D eigenvalue weighted by Gasteiger charge is 2.19. The van der Waals surface area contributed by atoms with Crippen LogP contribution in [0.15, 0.2) is 217 Å². The predicted octanol–water partition coefficient (Wildman–Crippen LogP) is 15.5. The van der Waals surface area contributed by atoms with E-state index in [0.717, 1.165) is 44.5 Å². The van der Waals surface area contributed by atoms with Crippen LogP contribution in [-0.4, -0.2) is 24.5 Å². The van der Waals surface area contributed by atoms with Crippen molar-refractivity contribution in [2.45, 2.75) is 0 Å². The SMILES string of the molecule is c1ccc(-c2nc(-c3ccccc3)nc(-c3ccc4nc(-c5cccc(-n6c7ccccc7c7cc(-c8cccc9c8sc8c(-c%10ccccc%10)cccc89)ccc76)c5)oc4c3)n2)cc1. The van der Waals surface area contributed by atoms with Gasteiger partial charge in [0.1, 0.15) is 5.52 Å². The van der Waals surface area contributed by atoms with Gasteiger partial charge in [-0.2, -0.15) is 0 Å². The van der Waals surface area contributed by atoms with E-state index in [1.54, 1.807) is 0 Å². The van der Waals surface area contributed by atoms with Crippen molar-refractivity contribution in [1.82, 2.24) is 24.5 Å². The van der Waals surface area contributed by atoms with Crippen molar-refractivity contribution in [3.8, 4) is 73.6 Å². The molecule has 304 valence electrons. The summed E-state index contributed by atoms with van der Waals surface area (Å²) in [5.41, 5.74) is 13.2. The molecular formula is C58H35N5OS. The van der Waals surface area contributed by atoms with Gasteiger partial charge in [0.05, 0.1) is 11.0 Å². The van der Waals surface area contributed by atoms with Crippen molar-refractivity contribution in [2.75, 3.05) is 0 Å². The summed E-state index contributed by atoms with van der Waals surface area (Å²) in [6.45, 7) is 0. The van der Waals surface area contributed by atoms with Gasteiger partial charge in [-0.15, -0.1) is 11.3 Å². The van der Waals surface area contributed by atoms with Crippen molar-refractivity contribution < 1.29 is 4.42 Å².